The van der Waals surface area contributed by atoms with Crippen LogP contribution in [0, 0.1) is 0 Å². The molecule has 0 aliphatic heterocycles. The Bertz CT molecular complexity index is 1320. The maximum absolute atomic E-state index is 12.8. The smallest absolute Gasteiger partial charge is 0.462 e. The first-order chi connectivity index (χ1) is 30.4. The molecule has 0 fully saturated rings. The van der Waals surface area contributed by atoms with E-state index in [0.29, 0.717) is 30.3 Å². The molecular formula is C52H93NO9P+. The highest BCUT2D eigenvalue weighted by Gasteiger charge is 2.27. The summed E-state index contributed by atoms with van der Waals surface area (Å²) in [5.74, 6) is -1.01. The van der Waals surface area contributed by atoms with Gasteiger partial charge >= 0.3 is 19.8 Å². The Morgan fingerprint density at radius 3 is 1.65 bits per heavy atom. The zero-order valence-electron chi connectivity index (χ0n) is 40.6. The topological polar surface area (TPSA) is 129 Å². The van der Waals surface area contributed by atoms with E-state index in [1.165, 1.54) is 96.3 Å². The van der Waals surface area contributed by atoms with Gasteiger partial charge < -0.3 is 24.0 Å². The number of hydrogen-bond acceptors (Lipinski definition) is 8. The summed E-state index contributed by atoms with van der Waals surface area (Å²) in [4.78, 5) is 35.5. The molecule has 0 heterocycles. The Morgan fingerprint density at radius 1 is 0.587 bits per heavy atom. The van der Waals surface area contributed by atoms with E-state index in [2.05, 4.69) is 62.5 Å². The molecule has 0 aromatic heterocycles. The zero-order chi connectivity index (χ0) is 46.5. The lowest BCUT2D eigenvalue weighted by Gasteiger charge is -2.24. The largest absolute Gasteiger partial charge is 0.472 e. The van der Waals surface area contributed by atoms with Gasteiger partial charge in [-0.1, -0.05) is 177 Å². The van der Waals surface area contributed by atoms with Gasteiger partial charge in [-0.05, 0) is 70.6 Å². The molecule has 0 saturated heterocycles. The lowest BCUT2D eigenvalue weighted by molar-refractivity contribution is -0.870. The average molecular weight is 907 g/mol. The maximum atomic E-state index is 12.8. The molecule has 0 aromatic carbocycles. The molecule has 364 valence electrons. The Balaban J connectivity index is 4.44. The van der Waals surface area contributed by atoms with Crippen molar-refractivity contribution >= 4 is 19.8 Å². The predicted molar refractivity (Wildman–Crippen MR) is 262 cm³/mol. The van der Waals surface area contributed by atoms with Gasteiger partial charge in [-0.2, -0.15) is 0 Å². The van der Waals surface area contributed by atoms with E-state index >= 15 is 0 Å². The SMILES string of the molecule is CC/C=C\C/C=C\C/C=C\C/C=C\C=C\C(O)CCCC(=O)OC[C@H](COP(=O)(O)OCC[N+](C)(C)C)OC(=O)CCCCCCCCCCCCC/C=C\CCCCCCCC. The fourth-order valence-corrected chi connectivity index (χ4v) is 7.19. The van der Waals surface area contributed by atoms with Crippen molar-refractivity contribution in [3.8, 4) is 0 Å². The Morgan fingerprint density at radius 2 is 1.10 bits per heavy atom. The van der Waals surface area contributed by atoms with Gasteiger partial charge in [0, 0.05) is 12.8 Å². The summed E-state index contributed by atoms with van der Waals surface area (Å²) in [5, 5.41) is 10.3. The number of allylic oxidation sites excluding steroid dienone is 11. The molecule has 0 aliphatic carbocycles. The van der Waals surface area contributed by atoms with E-state index in [9.17, 15) is 24.2 Å². The van der Waals surface area contributed by atoms with Crippen LogP contribution in [-0.2, 0) is 32.7 Å². The van der Waals surface area contributed by atoms with Crippen LogP contribution in [0.5, 0.6) is 0 Å². The third-order valence-electron chi connectivity index (χ3n) is 10.3. The molecule has 10 nitrogen and oxygen atoms in total. The number of carbonyl (C=O) groups excluding carboxylic acids is 2. The van der Waals surface area contributed by atoms with Crippen LogP contribution in [0.25, 0.3) is 0 Å². The molecule has 0 aromatic rings. The first-order valence-electron chi connectivity index (χ1n) is 24.8. The number of ether oxygens (including phenoxy) is 2. The monoisotopic (exact) mass is 907 g/mol. The standard InChI is InChI=1S/C52H92NO9P/c1-6-8-10-12-14-16-18-20-21-22-23-24-25-26-27-29-31-33-35-37-39-43-52(56)62-50(48-61-63(57,58)60-46-45-53(3,4)5)47-59-51(55)44-40-42-49(54)41-38-36-34-32-30-28-19-17-15-13-11-9-7-2/h9,11,15,17,20-21,28,30,34,36,38,41,49-50,54H,6-8,10,12-14,16,18-19,22-27,29,31-33,35,37,39-40,42-48H2,1-5H3/p+1/b11-9-,17-15-,21-20-,30-28-,36-34-,41-38+/t49?,50-/m1/s1. The number of carbonyl (C=O) groups is 2. The van der Waals surface area contributed by atoms with Crippen LogP contribution >= 0.6 is 7.82 Å². The quantitative estimate of drug-likeness (QED) is 0.0153. The zero-order valence-corrected chi connectivity index (χ0v) is 41.5. The Labute approximate surface area is 385 Å². The number of phosphoric acid groups is 1. The van der Waals surface area contributed by atoms with E-state index in [-0.39, 0.29) is 26.1 Å². The number of unbranched alkanes of at least 4 members (excludes halogenated alkanes) is 17. The van der Waals surface area contributed by atoms with E-state index in [0.717, 1.165) is 44.9 Å². The van der Waals surface area contributed by atoms with Gasteiger partial charge in [0.15, 0.2) is 6.10 Å². The van der Waals surface area contributed by atoms with Gasteiger partial charge in [0.2, 0.25) is 0 Å². The summed E-state index contributed by atoms with van der Waals surface area (Å²) in [7, 11) is 1.37. The number of aliphatic hydroxyl groups excluding tert-OH is 1. The van der Waals surface area contributed by atoms with Gasteiger partial charge in [0.25, 0.3) is 0 Å². The summed E-state index contributed by atoms with van der Waals surface area (Å²) < 4.78 is 34.2. The van der Waals surface area contributed by atoms with Crippen molar-refractivity contribution in [3.05, 3.63) is 72.9 Å². The fraction of sp³-hybridized carbons (Fsp3) is 0.731. The second-order valence-corrected chi connectivity index (χ2v) is 19.1. The van der Waals surface area contributed by atoms with Crippen molar-refractivity contribution in [2.45, 2.75) is 199 Å². The molecule has 11 heteroatoms. The molecule has 3 atom stereocenters. The average Bonchev–Trinajstić information content (AvgIpc) is 3.23. The number of hydrogen-bond donors (Lipinski definition) is 2. The molecule has 0 amide bonds. The molecule has 2 N–H and O–H groups in total. The number of phosphoric ester groups is 1. The number of rotatable bonds is 44. The second-order valence-electron chi connectivity index (χ2n) is 17.7. The summed E-state index contributed by atoms with van der Waals surface area (Å²) in [5.41, 5.74) is 0. The minimum atomic E-state index is -4.43. The Kier molecular flexibility index (Phi) is 41.5. The number of aliphatic hydroxyl groups is 1. The summed E-state index contributed by atoms with van der Waals surface area (Å²) in [6.45, 7) is 4.08. The molecule has 0 bridgehead atoms. The van der Waals surface area contributed by atoms with Crippen LogP contribution in [-0.4, -0.2) is 86.1 Å². The number of quaternary nitrogens is 1. The molecule has 0 aliphatic rings. The number of nitrogens with zero attached hydrogens (tertiary/aromatic N) is 1. The first-order valence-corrected chi connectivity index (χ1v) is 26.3. The molecular weight excluding hydrogens is 814 g/mol. The highest BCUT2D eigenvalue weighted by molar-refractivity contribution is 7.47. The highest BCUT2D eigenvalue weighted by atomic mass is 31.2. The summed E-state index contributed by atoms with van der Waals surface area (Å²) in [6, 6.07) is 0. The molecule has 0 saturated carbocycles. The van der Waals surface area contributed by atoms with E-state index in [4.69, 9.17) is 18.5 Å². The van der Waals surface area contributed by atoms with Crippen molar-refractivity contribution < 1.29 is 47.2 Å². The number of esters is 2. The minimum Gasteiger partial charge on any atom is -0.462 e. The summed E-state index contributed by atoms with van der Waals surface area (Å²) in [6.07, 6.45) is 51.3. The van der Waals surface area contributed by atoms with Crippen LogP contribution in [0.4, 0.5) is 0 Å². The van der Waals surface area contributed by atoms with Gasteiger partial charge in [-0.15, -0.1) is 0 Å². The third-order valence-corrected chi connectivity index (χ3v) is 11.3. The fourth-order valence-electron chi connectivity index (χ4n) is 6.45. The van der Waals surface area contributed by atoms with Crippen LogP contribution in [0.2, 0.25) is 0 Å². The molecule has 0 rings (SSSR count). The van der Waals surface area contributed by atoms with Crippen molar-refractivity contribution in [3.63, 3.8) is 0 Å². The van der Waals surface area contributed by atoms with Crippen molar-refractivity contribution in [1.29, 1.82) is 0 Å². The van der Waals surface area contributed by atoms with Crippen molar-refractivity contribution in [2.24, 2.45) is 0 Å². The van der Waals surface area contributed by atoms with Gasteiger partial charge in [-0.25, -0.2) is 4.57 Å². The van der Waals surface area contributed by atoms with E-state index < -0.39 is 38.6 Å². The van der Waals surface area contributed by atoms with Gasteiger partial charge in [-0.3, -0.25) is 18.6 Å². The predicted octanol–water partition coefficient (Wildman–Crippen LogP) is 13.6. The second kappa shape index (κ2) is 43.3. The van der Waals surface area contributed by atoms with Gasteiger partial charge in [0.1, 0.15) is 19.8 Å². The van der Waals surface area contributed by atoms with Crippen LogP contribution in [0.3, 0.4) is 0 Å². The molecule has 63 heavy (non-hydrogen) atoms. The van der Waals surface area contributed by atoms with Crippen LogP contribution < -0.4 is 0 Å². The molecule has 0 spiro atoms. The van der Waals surface area contributed by atoms with Crippen LogP contribution in [0.1, 0.15) is 187 Å². The Hall–Kier alpha value is -2.59. The molecule has 2 unspecified atom stereocenters. The third kappa shape index (κ3) is 47.2. The van der Waals surface area contributed by atoms with Crippen LogP contribution in [0.15, 0.2) is 72.9 Å². The van der Waals surface area contributed by atoms with Crippen molar-refractivity contribution in [1.82, 2.24) is 0 Å². The molecule has 0 radical (unpaired) electrons. The number of likely N-dealkylation sites (N-methyl/N-ethyl adjacent to an activating group) is 1. The normalized spacial score (nSPS) is 14.6. The van der Waals surface area contributed by atoms with E-state index in [1.54, 1.807) is 12.2 Å². The summed E-state index contributed by atoms with van der Waals surface area (Å²) >= 11 is 0. The lowest BCUT2D eigenvalue weighted by Crippen LogP contribution is -2.37. The highest BCUT2D eigenvalue weighted by Crippen LogP contribution is 2.43. The van der Waals surface area contributed by atoms with Crippen molar-refractivity contribution in [2.75, 3.05) is 47.5 Å². The minimum absolute atomic E-state index is 0.00131. The lowest BCUT2D eigenvalue weighted by atomic mass is 10.0. The first kappa shape index (κ1) is 60.4. The maximum Gasteiger partial charge on any atom is 0.472 e. The van der Waals surface area contributed by atoms with Gasteiger partial charge in [0.05, 0.1) is 33.9 Å². The van der Waals surface area contributed by atoms with E-state index in [1.807, 2.05) is 33.3 Å².